The molecule has 6 nitrogen and oxygen atoms in total. The maximum Gasteiger partial charge on any atom is 0.335 e. The first-order valence-electron chi connectivity index (χ1n) is 8.14. The number of sulfone groups is 1. The second-order valence-corrected chi connectivity index (χ2v) is 8.26. The number of hydrogen-bond donors (Lipinski definition) is 2. The van der Waals surface area contributed by atoms with Crippen molar-refractivity contribution in [2.45, 2.75) is 19.1 Å². The molecule has 7 heteroatoms. The normalized spacial score (nSPS) is 11.1. The van der Waals surface area contributed by atoms with Crippen molar-refractivity contribution in [3.8, 4) is 0 Å². The fraction of sp³-hybridized carbons (Fsp3) is 0.263. The van der Waals surface area contributed by atoms with Crippen LogP contribution in [-0.2, 0) is 15.6 Å². The Morgan fingerprint density at radius 1 is 1.04 bits per heavy atom. The summed E-state index contributed by atoms with van der Waals surface area (Å²) in [4.78, 5) is 23.2. The minimum atomic E-state index is -3.25. The van der Waals surface area contributed by atoms with Crippen LogP contribution in [0.5, 0.6) is 0 Å². The van der Waals surface area contributed by atoms with Gasteiger partial charge in [-0.15, -0.1) is 0 Å². The van der Waals surface area contributed by atoms with Crippen molar-refractivity contribution in [3.05, 3.63) is 70.8 Å². The summed E-state index contributed by atoms with van der Waals surface area (Å²) in [5, 5.41) is 11.7. The van der Waals surface area contributed by atoms with E-state index < -0.39 is 21.7 Å². The van der Waals surface area contributed by atoms with E-state index in [-0.39, 0.29) is 29.2 Å². The van der Waals surface area contributed by atoms with Gasteiger partial charge in [0.15, 0.2) is 9.84 Å². The highest BCUT2D eigenvalue weighted by Crippen LogP contribution is 2.10. The van der Waals surface area contributed by atoms with E-state index in [1.807, 2.05) is 6.07 Å². The zero-order valence-corrected chi connectivity index (χ0v) is 15.3. The highest BCUT2D eigenvalue weighted by molar-refractivity contribution is 7.90. The molecule has 0 spiro atoms. The fourth-order valence-corrected chi connectivity index (χ4v) is 3.96. The maximum absolute atomic E-state index is 12.1. The molecule has 0 heterocycles. The molecule has 138 valence electrons. The molecule has 0 aliphatic rings. The highest BCUT2D eigenvalue weighted by atomic mass is 32.2. The third-order valence-corrected chi connectivity index (χ3v) is 5.42. The van der Waals surface area contributed by atoms with Crippen molar-refractivity contribution < 1.29 is 23.1 Å². The molecule has 2 aromatic rings. The molecule has 1 amide bonds. The van der Waals surface area contributed by atoms with Crippen molar-refractivity contribution in [3.63, 3.8) is 0 Å². The molecule has 0 saturated heterocycles. The number of aromatic carboxylic acids is 1. The number of carbonyl (C=O) groups excluding carboxylic acids is 1. The SMILES string of the molecule is Cc1cc(C(=O)O)cc(C(=O)NCCCS(=O)(=O)Cc2ccccc2)c1. The Balaban J connectivity index is 1.86. The summed E-state index contributed by atoms with van der Waals surface area (Å²) in [7, 11) is -3.25. The number of carboxylic acid groups (broad SMARTS) is 1. The summed E-state index contributed by atoms with van der Waals surface area (Å²) >= 11 is 0. The van der Waals surface area contributed by atoms with E-state index in [4.69, 9.17) is 5.11 Å². The molecular weight excluding hydrogens is 354 g/mol. The van der Waals surface area contributed by atoms with Crippen LogP contribution >= 0.6 is 0 Å². The average molecular weight is 375 g/mol. The second-order valence-electron chi connectivity index (χ2n) is 6.08. The van der Waals surface area contributed by atoms with Gasteiger partial charge in [-0.25, -0.2) is 13.2 Å². The van der Waals surface area contributed by atoms with Gasteiger partial charge < -0.3 is 10.4 Å². The predicted molar refractivity (Wildman–Crippen MR) is 99.0 cm³/mol. The largest absolute Gasteiger partial charge is 0.478 e. The van der Waals surface area contributed by atoms with E-state index in [9.17, 15) is 18.0 Å². The third kappa shape index (κ3) is 6.00. The molecule has 0 unspecified atom stereocenters. The van der Waals surface area contributed by atoms with Crippen LogP contribution in [0.3, 0.4) is 0 Å². The van der Waals surface area contributed by atoms with Gasteiger partial charge in [0.25, 0.3) is 5.91 Å². The molecular formula is C19H21NO5S. The quantitative estimate of drug-likeness (QED) is 0.690. The molecule has 0 aromatic heterocycles. The minimum Gasteiger partial charge on any atom is -0.478 e. The Morgan fingerprint density at radius 2 is 1.69 bits per heavy atom. The Morgan fingerprint density at radius 3 is 2.35 bits per heavy atom. The van der Waals surface area contributed by atoms with Crippen LogP contribution in [0.4, 0.5) is 0 Å². The van der Waals surface area contributed by atoms with Crippen LogP contribution in [-0.4, -0.2) is 37.7 Å². The van der Waals surface area contributed by atoms with Crippen LogP contribution < -0.4 is 5.32 Å². The standard InChI is InChI=1S/C19H21NO5S/c1-14-10-16(12-17(11-14)19(22)23)18(21)20-8-5-9-26(24,25)13-15-6-3-2-4-7-15/h2-4,6-7,10-12H,5,8-9,13H2,1H3,(H,20,21)(H,22,23). The Hall–Kier alpha value is -2.67. The summed E-state index contributed by atoms with van der Waals surface area (Å²) in [6.07, 6.45) is 0.290. The van der Waals surface area contributed by atoms with Crippen LogP contribution in [0, 0.1) is 6.92 Å². The van der Waals surface area contributed by atoms with Gasteiger partial charge in [0, 0.05) is 12.1 Å². The minimum absolute atomic E-state index is 0.0262. The lowest BCUT2D eigenvalue weighted by molar-refractivity contribution is 0.0696. The number of carboxylic acids is 1. The first kappa shape index (κ1) is 19.7. The van der Waals surface area contributed by atoms with Gasteiger partial charge in [-0.2, -0.15) is 0 Å². The molecule has 0 fully saturated rings. The number of benzene rings is 2. The summed E-state index contributed by atoms with van der Waals surface area (Å²) in [5.74, 6) is -1.58. The highest BCUT2D eigenvalue weighted by Gasteiger charge is 2.13. The summed E-state index contributed by atoms with van der Waals surface area (Å²) in [6, 6.07) is 13.3. The maximum atomic E-state index is 12.1. The van der Waals surface area contributed by atoms with Gasteiger partial charge in [-0.05, 0) is 42.7 Å². The van der Waals surface area contributed by atoms with Gasteiger partial charge in [-0.1, -0.05) is 30.3 Å². The number of nitrogens with one attached hydrogen (secondary N) is 1. The average Bonchev–Trinajstić information content (AvgIpc) is 2.58. The van der Waals surface area contributed by atoms with Crippen molar-refractivity contribution in [1.29, 1.82) is 0 Å². The summed E-state index contributed by atoms with van der Waals surface area (Å²) < 4.78 is 24.2. The van der Waals surface area contributed by atoms with Crippen LogP contribution in [0.25, 0.3) is 0 Å². The van der Waals surface area contributed by atoms with Crippen molar-refractivity contribution in [2.75, 3.05) is 12.3 Å². The van der Waals surface area contributed by atoms with Crippen LogP contribution in [0.2, 0.25) is 0 Å². The number of aryl methyl sites for hydroxylation is 1. The smallest absolute Gasteiger partial charge is 0.335 e. The van der Waals surface area contributed by atoms with Gasteiger partial charge in [0.05, 0.1) is 17.1 Å². The van der Waals surface area contributed by atoms with Crippen molar-refractivity contribution >= 4 is 21.7 Å². The third-order valence-electron chi connectivity index (χ3n) is 3.73. The lowest BCUT2D eigenvalue weighted by Crippen LogP contribution is -2.26. The topological polar surface area (TPSA) is 101 Å². The molecule has 0 radical (unpaired) electrons. The Kier molecular flexibility index (Phi) is 6.52. The second kappa shape index (κ2) is 8.62. The predicted octanol–water partition coefficient (Wildman–Crippen LogP) is 2.43. The van der Waals surface area contributed by atoms with Crippen LogP contribution in [0.15, 0.2) is 48.5 Å². The van der Waals surface area contributed by atoms with E-state index in [0.717, 1.165) is 5.56 Å². The van der Waals surface area contributed by atoms with E-state index >= 15 is 0 Å². The van der Waals surface area contributed by atoms with E-state index in [2.05, 4.69) is 5.32 Å². The van der Waals surface area contributed by atoms with E-state index in [0.29, 0.717) is 12.0 Å². The summed E-state index contributed by atoms with van der Waals surface area (Å²) in [5.41, 5.74) is 1.69. The number of hydrogen-bond acceptors (Lipinski definition) is 4. The first-order valence-corrected chi connectivity index (χ1v) is 9.96. The lowest BCUT2D eigenvalue weighted by atomic mass is 10.1. The van der Waals surface area contributed by atoms with Gasteiger partial charge >= 0.3 is 5.97 Å². The van der Waals surface area contributed by atoms with Crippen LogP contribution in [0.1, 0.15) is 38.3 Å². The number of amides is 1. The zero-order chi connectivity index (χ0) is 19.2. The fourth-order valence-electron chi connectivity index (χ4n) is 2.53. The lowest BCUT2D eigenvalue weighted by Gasteiger charge is -2.08. The zero-order valence-electron chi connectivity index (χ0n) is 14.4. The molecule has 0 bridgehead atoms. The molecule has 26 heavy (non-hydrogen) atoms. The molecule has 2 rings (SSSR count). The van der Waals surface area contributed by atoms with Crippen molar-refractivity contribution in [1.82, 2.24) is 5.32 Å². The Bertz CT molecular complexity index is 891. The number of rotatable bonds is 8. The van der Waals surface area contributed by atoms with Gasteiger partial charge in [0.2, 0.25) is 0 Å². The van der Waals surface area contributed by atoms with Crippen molar-refractivity contribution in [2.24, 2.45) is 0 Å². The molecule has 0 aliphatic heterocycles. The molecule has 0 saturated carbocycles. The number of carbonyl (C=O) groups is 2. The molecule has 0 aliphatic carbocycles. The van der Waals surface area contributed by atoms with Gasteiger partial charge in [-0.3, -0.25) is 4.79 Å². The summed E-state index contributed by atoms with van der Waals surface area (Å²) in [6.45, 7) is 1.91. The molecule has 0 atom stereocenters. The van der Waals surface area contributed by atoms with Gasteiger partial charge in [0.1, 0.15) is 0 Å². The van der Waals surface area contributed by atoms with E-state index in [1.165, 1.54) is 12.1 Å². The van der Waals surface area contributed by atoms with E-state index in [1.54, 1.807) is 37.3 Å². The monoisotopic (exact) mass is 375 g/mol. The molecule has 2 aromatic carbocycles. The first-order chi connectivity index (χ1) is 12.3. The Labute approximate surface area is 152 Å². The molecule has 2 N–H and O–H groups in total.